The van der Waals surface area contributed by atoms with Gasteiger partial charge in [-0.3, -0.25) is 0 Å². The van der Waals surface area contributed by atoms with Crippen LogP contribution in [0.4, 0.5) is 0 Å². The molecular weight excluding hydrogens is 302 g/mol. The molecule has 0 aliphatic carbocycles. The number of ether oxygens (including phenoxy) is 3. The molecule has 4 nitrogen and oxygen atoms in total. The van der Waals surface area contributed by atoms with Gasteiger partial charge in [0, 0.05) is 6.54 Å². The van der Waals surface area contributed by atoms with Crippen molar-refractivity contribution in [1.29, 1.82) is 0 Å². The van der Waals surface area contributed by atoms with Crippen molar-refractivity contribution in [2.75, 3.05) is 34.4 Å². The Morgan fingerprint density at radius 2 is 1.50 bits per heavy atom. The van der Waals surface area contributed by atoms with Gasteiger partial charge >= 0.3 is 0 Å². The third kappa shape index (κ3) is 5.46. The Morgan fingerprint density at radius 1 is 0.833 bits per heavy atom. The number of rotatable bonds is 10. The van der Waals surface area contributed by atoms with Gasteiger partial charge in [-0.2, -0.15) is 0 Å². The molecule has 0 aliphatic heterocycles. The Bertz CT molecular complexity index is 579. The normalized spacial score (nSPS) is 10.7. The second-order valence-electron chi connectivity index (χ2n) is 5.77. The summed E-state index contributed by atoms with van der Waals surface area (Å²) in [5.74, 6) is 2.09. The molecule has 0 saturated heterocycles. The number of para-hydroxylation sites is 1. The van der Waals surface area contributed by atoms with Crippen molar-refractivity contribution < 1.29 is 14.2 Å². The van der Waals surface area contributed by atoms with E-state index in [1.807, 2.05) is 24.3 Å². The minimum absolute atomic E-state index is 0.649. The molecule has 0 unspecified atom stereocenters. The Balaban J connectivity index is 1.72. The number of nitrogens with zero attached hydrogens (tertiary/aromatic N) is 1. The number of hydrogen-bond donors (Lipinski definition) is 0. The highest BCUT2D eigenvalue weighted by Crippen LogP contribution is 2.36. The summed E-state index contributed by atoms with van der Waals surface area (Å²) in [6.45, 7) is 2.67. The van der Waals surface area contributed by atoms with Crippen molar-refractivity contribution in [3.8, 4) is 17.2 Å². The van der Waals surface area contributed by atoms with Crippen LogP contribution in [0.15, 0.2) is 48.5 Å². The molecule has 0 bridgehead atoms. The summed E-state index contributed by atoms with van der Waals surface area (Å²) < 4.78 is 16.6. The fraction of sp³-hybridized carbons (Fsp3) is 0.400. The van der Waals surface area contributed by atoms with Crippen LogP contribution in [0.3, 0.4) is 0 Å². The molecule has 2 aromatic rings. The lowest BCUT2D eigenvalue weighted by Gasteiger charge is -2.17. The summed E-state index contributed by atoms with van der Waals surface area (Å²) in [4.78, 5) is 2.33. The molecule has 2 rings (SSSR count). The minimum atomic E-state index is 0.649. The van der Waals surface area contributed by atoms with E-state index >= 15 is 0 Å². The largest absolute Gasteiger partial charge is 0.493 e. The molecule has 0 amide bonds. The van der Waals surface area contributed by atoms with Gasteiger partial charge in [-0.15, -0.1) is 0 Å². The SMILES string of the molecule is COc1cccc(OC)c1OCCCCN(C)Cc1ccccc1. The van der Waals surface area contributed by atoms with Gasteiger partial charge in [0.15, 0.2) is 11.5 Å². The summed E-state index contributed by atoms with van der Waals surface area (Å²) in [7, 11) is 5.43. The minimum Gasteiger partial charge on any atom is -0.493 e. The van der Waals surface area contributed by atoms with E-state index in [0.29, 0.717) is 23.9 Å². The maximum absolute atomic E-state index is 5.88. The summed E-state index contributed by atoms with van der Waals surface area (Å²) in [6, 6.07) is 16.2. The monoisotopic (exact) mass is 329 g/mol. The molecule has 0 fully saturated rings. The van der Waals surface area contributed by atoms with Crippen LogP contribution < -0.4 is 14.2 Å². The molecule has 0 N–H and O–H groups in total. The maximum atomic E-state index is 5.88. The van der Waals surface area contributed by atoms with Gasteiger partial charge in [0.1, 0.15) is 0 Å². The highest BCUT2D eigenvalue weighted by atomic mass is 16.5. The Hall–Kier alpha value is -2.20. The average Bonchev–Trinajstić information content (AvgIpc) is 2.62. The van der Waals surface area contributed by atoms with Crippen molar-refractivity contribution in [2.45, 2.75) is 19.4 Å². The zero-order valence-electron chi connectivity index (χ0n) is 14.8. The van der Waals surface area contributed by atoms with Crippen LogP contribution in [0.2, 0.25) is 0 Å². The molecular formula is C20H27NO3. The average molecular weight is 329 g/mol. The van der Waals surface area contributed by atoms with E-state index in [2.05, 4.69) is 36.2 Å². The van der Waals surface area contributed by atoms with E-state index in [9.17, 15) is 0 Å². The number of hydrogen-bond acceptors (Lipinski definition) is 4. The molecule has 2 aromatic carbocycles. The quantitative estimate of drug-likeness (QED) is 0.617. The van der Waals surface area contributed by atoms with Crippen molar-refractivity contribution in [2.24, 2.45) is 0 Å². The number of unbranched alkanes of at least 4 members (excludes halogenated alkanes) is 1. The fourth-order valence-electron chi connectivity index (χ4n) is 2.59. The van der Waals surface area contributed by atoms with Crippen molar-refractivity contribution in [3.05, 3.63) is 54.1 Å². The second-order valence-corrected chi connectivity index (χ2v) is 5.77. The smallest absolute Gasteiger partial charge is 0.203 e. The second kappa shape index (κ2) is 9.83. The third-order valence-electron chi connectivity index (χ3n) is 3.86. The van der Waals surface area contributed by atoms with Crippen molar-refractivity contribution >= 4 is 0 Å². The first-order valence-electron chi connectivity index (χ1n) is 8.31. The molecule has 0 aliphatic rings. The molecule has 0 heterocycles. The lowest BCUT2D eigenvalue weighted by atomic mass is 10.2. The lowest BCUT2D eigenvalue weighted by molar-refractivity contribution is 0.254. The van der Waals surface area contributed by atoms with E-state index in [1.54, 1.807) is 14.2 Å². The highest BCUT2D eigenvalue weighted by Gasteiger charge is 2.10. The van der Waals surface area contributed by atoms with Crippen LogP contribution in [-0.2, 0) is 6.54 Å². The molecule has 4 heteroatoms. The zero-order chi connectivity index (χ0) is 17.2. The first kappa shape index (κ1) is 18.1. The summed E-state index contributed by atoms with van der Waals surface area (Å²) in [6.07, 6.45) is 2.07. The fourth-order valence-corrected chi connectivity index (χ4v) is 2.59. The molecule has 0 aromatic heterocycles. The van der Waals surface area contributed by atoms with Crippen LogP contribution in [0.25, 0.3) is 0 Å². The van der Waals surface area contributed by atoms with Crippen LogP contribution in [0.1, 0.15) is 18.4 Å². The van der Waals surface area contributed by atoms with Gasteiger partial charge in [0.2, 0.25) is 5.75 Å². The van der Waals surface area contributed by atoms with Crippen LogP contribution in [0, 0.1) is 0 Å². The maximum Gasteiger partial charge on any atom is 0.203 e. The van der Waals surface area contributed by atoms with Crippen LogP contribution >= 0.6 is 0 Å². The summed E-state index contributed by atoms with van der Waals surface area (Å²) in [5, 5.41) is 0. The van der Waals surface area contributed by atoms with Gasteiger partial charge in [0.05, 0.1) is 20.8 Å². The molecule has 0 atom stereocenters. The standard InChI is InChI=1S/C20H27NO3/c1-21(16-17-10-5-4-6-11-17)14-7-8-15-24-20-18(22-2)12-9-13-19(20)23-3/h4-6,9-13H,7-8,14-16H2,1-3H3. The molecule has 0 radical (unpaired) electrons. The van der Waals surface area contributed by atoms with Gasteiger partial charge < -0.3 is 19.1 Å². The first-order valence-corrected chi connectivity index (χ1v) is 8.31. The van der Waals surface area contributed by atoms with E-state index in [-0.39, 0.29) is 0 Å². The van der Waals surface area contributed by atoms with Crippen molar-refractivity contribution in [3.63, 3.8) is 0 Å². The van der Waals surface area contributed by atoms with E-state index in [1.165, 1.54) is 5.56 Å². The van der Waals surface area contributed by atoms with E-state index in [0.717, 1.165) is 25.9 Å². The van der Waals surface area contributed by atoms with E-state index in [4.69, 9.17) is 14.2 Å². The first-order chi connectivity index (χ1) is 11.7. The van der Waals surface area contributed by atoms with Crippen LogP contribution in [-0.4, -0.2) is 39.3 Å². The van der Waals surface area contributed by atoms with Gasteiger partial charge in [-0.1, -0.05) is 36.4 Å². The predicted octanol–water partition coefficient (Wildman–Crippen LogP) is 3.99. The number of methoxy groups -OCH3 is 2. The highest BCUT2D eigenvalue weighted by molar-refractivity contribution is 5.51. The number of benzene rings is 2. The third-order valence-corrected chi connectivity index (χ3v) is 3.86. The van der Waals surface area contributed by atoms with Crippen molar-refractivity contribution in [1.82, 2.24) is 4.90 Å². The van der Waals surface area contributed by atoms with Gasteiger partial charge in [-0.25, -0.2) is 0 Å². The Morgan fingerprint density at radius 3 is 2.12 bits per heavy atom. The zero-order valence-corrected chi connectivity index (χ0v) is 14.8. The van der Waals surface area contributed by atoms with Gasteiger partial charge in [-0.05, 0) is 44.1 Å². The lowest BCUT2D eigenvalue weighted by Crippen LogP contribution is -2.19. The molecule has 130 valence electrons. The summed E-state index contributed by atoms with van der Waals surface area (Å²) in [5.41, 5.74) is 1.34. The van der Waals surface area contributed by atoms with Gasteiger partial charge in [0.25, 0.3) is 0 Å². The Kier molecular flexibility index (Phi) is 7.43. The van der Waals surface area contributed by atoms with Crippen LogP contribution in [0.5, 0.6) is 17.2 Å². The molecule has 0 saturated carbocycles. The Labute approximate surface area is 145 Å². The topological polar surface area (TPSA) is 30.9 Å². The summed E-state index contributed by atoms with van der Waals surface area (Å²) >= 11 is 0. The molecule has 0 spiro atoms. The molecule has 24 heavy (non-hydrogen) atoms. The predicted molar refractivity (Wildman–Crippen MR) is 97.1 cm³/mol. The van der Waals surface area contributed by atoms with E-state index < -0.39 is 0 Å².